The van der Waals surface area contributed by atoms with E-state index in [1.165, 1.54) is 4.90 Å². The Morgan fingerprint density at radius 3 is 2.65 bits per heavy atom. The minimum Gasteiger partial charge on any atom is -0.421 e. The molecule has 0 aliphatic rings. The lowest BCUT2D eigenvalue weighted by Crippen LogP contribution is -2.45. The molecule has 124 valence electrons. The number of benzene rings is 1. The average molecular weight is 318 g/mol. The van der Waals surface area contributed by atoms with Gasteiger partial charge in [-0.1, -0.05) is 18.2 Å². The van der Waals surface area contributed by atoms with Crippen LogP contribution in [-0.2, 0) is 6.42 Å². The summed E-state index contributed by atoms with van der Waals surface area (Å²) in [6, 6.07) is 9.25. The molecule has 23 heavy (non-hydrogen) atoms. The lowest BCUT2D eigenvalue weighted by atomic mass is 10.1. The molecule has 0 unspecified atom stereocenters. The first-order valence-electron chi connectivity index (χ1n) is 7.44. The summed E-state index contributed by atoms with van der Waals surface area (Å²) in [5.74, 6) is 0.931. The molecule has 0 radical (unpaired) electrons. The van der Waals surface area contributed by atoms with Crippen LogP contribution >= 0.6 is 0 Å². The van der Waals surface area contributed by atoms with Gasteiger partial charge in [0.25, 0.3) is 0 Å². The molecule has 0 saturated heterocycles. The van der Waals surface area contributed by atoms with Crippen LogP contribution in [0.3, 0.4) is 0 Å². The Kier molecular flexibility index (Phi) is 5.33. The number of nitrogens with zero attached hydrogens (tertiary/aromatic N) is 3. The highest BCUT2D eigenvalue weighted by Crippen LogP contribution is 2.16. The minimum absolute atomic E-state index is 0.248. The predicted octanol–water partition coefficient (Wildman–Crippen LogP) is 1.69. The van der Waals surface area contributed by atoms with Gasteiger partial charge in [0, 0.05) is 25.6 Å². The number of rotatable bonds is 6. The van der Waals surface area contributed by atoms with Crippen molar-refractivity contribution in [1.82, 2.24) is 20.4 Å². The van der Waals surface area contributed by atoms with E-state index in [1.54, 1.807) is 20.9 Å². The monoisotopic (exact) mass is 318 g/mol. The van der Waals surface area contributed by atoms with Gasteiger partial charge in [0.15, 0.2) is 0 Å². The molecule has 2 aromatic rings. The van der Waals surface area contributed by atoms with Crippen LogP contribution in [0.25, 0.3) is 11.5 Å². The van der Waals surface area contributed by atoms with Crippen molar-refractivity contribution in [3.8, 4) is 11.5 Å². The Balaban J connectivity index is 1.81. The highest BCUT2D eigenvalue weighted by atomic mass is 16.4. The maximum Gasteiger partial charge on any atom is 0.317 e. The SMILES string of the molecule is CN(CC(C)(C)O)C(=O)NCCc1nnc(-c2ccccc2)o1. The zero-order valence-corrected chi connectivity index (χ0v) is 13.6. The van der Waals surface area contributed by atoms with E-state index in [0.29, 0.717) is 24.7 Å². The van der Waals surface area contributed by atoms with E-state index < -0.39 is 5.60 Å². The number of hydrogen-bond donors (Lipinski definition) is 2. The fourth-order valence-corrected chi connectivity index (χ4v) is 2.12. The van der Waals surface area contributed by atoms with Gasteiger partial charge in [-0.2, -0.15) is 0 Å². The summed E-state index contributed by atoms with van der Waals surface area (Å²) in [7, 11) is 1.63. The molecular formula is C16H22N4O3. The molecule has 0 saturated carbocycles. The normalized spacial score (nSPS) is 11.3. The van der Waals surface area contributed by atoms with Crippen LogP contribution in [0, 0.1) is 0 Å². The lowest BCUT2D eigenvalue weighted by Gasteiger charge is -2.25. The Morgan fingerprint density at radius 2 is 2.00 bits per heavy atom. The van der Waals surface area contributed by atoms with Crippen LogP contribution < -0.4 is 5.32 Å². The third kappa shape index (κ3) is 5.37. The van der Waals surface area contributed by atoms with Crippen molar-refractivity contribution in [1.29, 1.82) is 0 Å². The van der Waals surface area contributed by atoms with Crippen molar-refractivity contribution in [3.63, 3.8) is 0 Å². The average Bonchev–Trinajstić information content (AvgIpc) is 2.95. The number of likely N-dealkylation sites (N-methyl/N-ethyl adjacent to an activating group) is 1. The molecule has 0 atom stereocenters. The van der Waals surface area contributed by atoms with Crippen LogP contribution in [0.2, 0.25) is 0 Å². The number of aromatic nitrogens is 2. The Morgan fingerprint density at radius 1 is 1.30 bits per heavy atom. The van der Waals surface area contributed by atoms with Crippen molar-refractivity contribution in [2.45, 2.75) is 25.9 Å². The van der Waals surface area contributed by atoms with Gasteiger partial charge in [-0.25, -0.2) is 4.79 Å². The van der Waals surface area contributed by atoms with Crippen LogP contribution in [0.1, 0.15) is 19.7 Å². The van der Waals surface area contributed by atoms with Crippen molar-refractivity contribution in [2.24, 2.45) is 0 Å². The summed E-state index contributed by atoms with van der Waals surface area (Å²) in [5.41, 5.74) is -0.0661. The van der Waals surface area contributed by atoms with E-state index in [4.69, 9.17) is 4.42 Å². The summed E-state index contributed by atoms with van der Waals surface area (Å²) in [4.78, 5) is 13.3. The van der Waals surface area contributed by atoms with Gasteiger partial charge in [0.2, 0.25) is 11.8 Å². The van der Waals surface area contributed by atoms with E-state index >= 15 is 0 Å². The second-order valence-electron chi connectivity index (χ2n) is 6.02. The number of urea groups is 1. The second kappa shape index (κ2) is 7.23. The number of hydrogen-bond acceptors (Lipinski definition) is 5. The third-order valence-corrected chi connectivity index (χ3v) is 3.07. The Hall–Kier alpha value is -2.41. The maximum absolute atomic E-state index is 11.9. The second-order valence-corrected chi connectivity index (χ2v) is 6.02. The molecule has 0 spiro atoms. The van der Waals surface area contributed by atoms with Gasteiger partial charge in [0.1, 0.15) is 0 Å². The first-order valence-corrected chi connectivity index (χ1v) is 7.44. The van der Waals surface area contributed by atoms with E-state index in [-0.39, 0.29) is 12.6 Å². The van der Waals surface area contributed by atoms with Gasteiger partial charge >= 0.3 is 6.03 Å². The number of nitrogens with one attached hydrogen (secondary N) is 1. The first-order chi connectivity index (χ1) is 10.8. The highest BCUT2D eigenvalue weighted by molar-refractivity contribution is 5.73. The lowest BCUT2D eigenvalue weighted by molar-refractivity contribution is 0.0532. The maximum atomic E-state index is 11.9. The highest BCUT2D eigenvalue weighted by Gasteiger charge is 2.19. The molecule has 1 aromatic carbocycles. The molecule has 1 aromatic heterocycles. The molecular weight excluding hydrogens is 296 g/mol. The van der Waals surface area contributed by atoms with Gasteiger partial charge in [-0.15, -0.1) is 10.2 Å². The van der Waals surface area contributed by atoms with Gasteiger partial charge in [0.05, 0.1) is 12.1 Å². The van der Waals surface area contributed by atoms with Crippen molar-refractivity contribution >= 4 is 6.03 Å². The first kappa shape index (κ1) is 17.0. The molecule has 2 amide bonds. The fraction of sp³-hybridized carbons (Fsp3) is 0.438. The molecule has 0 aliphatic heterocycles. The molecule has 2 rings (SSSR count). The fourth-order valence-electron chi connectivity index (χ4n) is 2.12. The van der Waals surface area contributed by atoms with Crippen molar-refractivity contribution < 1.29 is 14.3 Å². The van der Waals surface area contributed by atoms with Crippen molar-refractivity contribution in [2.75, 3.05) is 20.1 Å². The summed E-state index contributed by atoms with van der Waals surface area (Å²) < 4.78 is 5.57. The van der Waals surface area contributed by atoms with E-state index in [2.05, 4.69) is 15.5 Å². The molecule has 7 heteroatoms. The van der Waals surface area contributed by atoms with Gasteiger partial charge < -0.3 is 19.7 Å². The number of carbonyl (C=O) groups is 1. The van der Waals surface area contributed by atoms with Crippen molar-refractivity contribution in [3.05, 3.63) is 36.2 Å². The predicted molar refractivity (Wildman–Crippen MR) is 85.8 cm³/mol. The standard InChI is InChI=1S/C16H22N4O3/c1-16(2,22)11-20(3)15(21)17-10-9-13-18-19-14(23-13)12-7-5-4-6-8-12/h4-8,22H,9-11H2,1-3H3,(H,17,21). The number of carbonyl (C=O) groups excluding carboxylic acids is 1. The van der Waals surface area contributed by atoms with E-state index in [1.807, 2.05) is 30.3 Å². The van der Waals surface area contributed by atoms with E-state index in [0.717, 1.165) is 5.56 Å². The van der Waals surface area contributed by atoms with Crippen LogP contribution in [-0.4, -0.2) is 52.0 Å². The minimum atomic E-state index is -0.927. The zero-order valence-electron chi connectivity index (χ0n) is 13.6. The van der Waals surface area contributed by atoms with Gasteiger partial charge in [-0.3, -0.25) is 0 Å². The largest absolute Gasteiger partial charge is 0.421 e. The smallest absolute Gasteiger partial charge is 0.317 e. The quantitative estimate of drug-likeness (QED) is 0.845. The summed E-state index contributed by atoms with van der Waals surface area (Å²) >= 11 is 0. The number of aliphatic hydroxyl groups is 1. The van der Waals surface area contributed by atoms with Crippen LogP contribution in [0.15, 0.2) is 34.7 Å². The van der Waals surface area contributed by atoms with Crippen LogP contribution in [0.5, 0.6) is 0 Å². The van der Waals surface area contributed by atoms with Gasteiger partial charge in [-0.05, 0) is 26.0 Å². The third-order valence-electron chi connectivity index (χ3n) is 3.07. The molecule has 7 nitrogen and oxygen atoms in total. The van der Waals surface area contributed by atoms with E-state index in [9.17, 15) is 9.90 Å². The Bertz CT molecular complexity index is 634. The molecule has 2 N–H and O–H groups in total. The summed E-state index contributed by atoms with van der Waals surface area (Å²) in [6.07, 6.45) is 0.446. The number of amides is 2. The topological polar surface area (TPSA) is 91.5 Å². The molecule has 1 heterocycles. The molecule has 0 bridgehead atoms. The zero-order chi connectivity index (χ0) is 16.9. The Labute approximate surface area is 135 Å². The summed E-state index contributed by atoms with van der Waals surface area (Å²) in [5, 5.41) is 20.4. The summed E-state index contributed by atoms with van der Waals surface area (Å²) in [6.45, 7) is 3.93. The molecule has 0 fully saturated rings. The molecule has 0 aliphatic carbocycles. The van der Waals surface area contributed by atoms with Crippen LogP contribution in [0.4, 0.5) is 4.79 Å².